The Bertz CT molecular complexity index is 1390. The number of para-hydroxylation sites is 1. The molecule has 2 aromatic heterocycles. The molecule has 37 heavy (non-hydrogen) atoms. The highest BCUT2D eigenvalue weighted by molar-refractivity contribution is 6.03. The van der Waals surface area contributed by atoms with Gasteiger partial charge in [-0.1, -0.05) is 36.8 Å². The molecule has 1 aliphatic heterocycles. The smallest absolute Gasteiger partial charge is 0.220 e. The van der Waals surface area contributed by atoms with Gasteiger partial charge in [0.25, 0.3) is 0 Å². The number of rotatable bonds is 3. The average Bonchev–Trinajstić information content (AvgIpc) is 3.29. The number of carbonyl (C=O) groups is 1. The number of amides is 1. The Labute approximate surface area is 217 Å². The minimum Gasteiger partial charge on any atom is -0.457 e. The molecule has 3 N–H and O–H groups in total. The molecule has 1 amide bonds. The quantitative estimate of drug-likeness (QED) is 0.346. The molecule has 7 nitrogen and oxygen atoms in total. The summed E-state index contributed by atoms with van der Waals surface area (Å²) in [6.45, 7) is 2.70. The number of pyridine rings is 1. The lowest BCUT2D eigenvalue weighted by Crippen LogP contribution is -2.33. The molecule has 0 radical (unpaired) electrons. The van der Waals surface area contributed by atoms with Gasteiger partial charge in [0.2, 0.25) is 5.91 Å². The molecule has 3 heterocycles. The van der Waals surface area contributed by atoms with Crippen molar-refractivity contribution in [2.75, 3.05) is 5.73 Å². The van der Waals surface area contributed by atoms with Gasteiger partial charge in [0, 0.05) is 36.3 Å². The average molecular weight is 496 g/mol. The number of aryl methyl sites for hydroxylation is 1. The summed E-state index contributed by atoms with van der Waals surface area (Å²) < 4.78 is 7.98. The van der Waals surface area contributed by atoms with Crippen molar-refractivity contribution >= 4 is 28.7 Å². The number of nitrogen functional groups attached to an aromatic ring is 1. The molecular weight excluding hydrogens is 462 g/mol. The largest absolute Gasteiger partial charge is 0.457 e. The van der Waals surface area contributed by atoms with Gasteiger partial charge < -0.3 is 15.8 Å². The van der Waals surface area contributed by atoms with Gasteiger partial charge >= 0.3 is 0 Å². The lowest BCUT2D eigenvalue weighted by molar-refractivity contribution is -0.121. The fourth-order valence-corrected chi connectivity index (χ4v) is 4.72. The first-order chi connectivity index (χ1) is 18.1. The maximum absolute atomic E-state index is 12.3. The number of aromatic nitrogens is 3. The van der Waals surface area contributed by atoms with Crippen LogP contribution in [0, 0.1) is 0 Å². The fourth-order valence-electron chi connectivity index (χ4n) is 4.72. The lowest BCUT2D eigenvalue weighted by atomic mass is 10.1. The minimum absolute atomic E-state index is 0.0490. The maximum atomic E-state index is 12.3. The van der Waals surface area contributed by atoms with Gasteiger partial charge in [0.1, 0.15) is 23.0 Å². The predicted molar refractivity (Wildman–Crippen MR) is 148 cm³/mol. The Morgan fingerprint density at radius 1 is 1.03 bits per heavy atom. The third-order valence-electron chi connectivity index (χ3n) is 6.68. The second kappa shape index (κ2) is 11.3. The van der Waals surface area contributed by atoms with Crippen LogP contribution in [0.1, 0.15) is 51.0 Å². The van der Waals surface area contributed by atoms with E-state index in [-0.39, 0.29) is 11.9 Å². The summed E-state index contributed by atoms with van der Waals surface area (Å²) in [6, 6.07) is 17.6. The first-order valence-electron chi connectivity index (χ1n) is 13.0. The topological polar surface area (TPSA) is 95.1 Å². The van der Waals surface area contributed by atoms with Gasteiger partial charge in [0.15, 0.2) is 0 Å². The van der Waals surface area contributed by atoms with Crippen LogP contribution in [-0.4, -0.2) is 26.7 Å². The van der Waals surface area contributed by atoms with E-state index in [0.717, 1.165) is 71.3 Å². The van der Waals surface area contributed by atoms with Crippen molar-refractivity contribution in [3.8, 4) is 22.8 Å². The Hall–Kier alpha value is -4.13. The second-order valence-electron chi connectivity index (χ2n) is 9.59. The summed E-state index contributed by atoms with van der Waals surface area (Å²) in [4.78, 5) is 16.8. The van der Waals surface area contributed by atoms with E-state index in [1.54, 1.807) is 0 Å². The summed E-state index contributed by atoms with van der Waals surface area (Å²) in [5.74, 6) is 2.11. The Balaban J connectivity index is 1.52. The van der Waals surface area contributed by atoms with Crippen LogP contribution in [0.5, 0.6) is 11.5 Å². The Kier molecular flexibility index (Phi) is 7.49. The molecule has 2 aromatic carbocycles. The van der Waals surface area contributed by atoms with Crippen molar-refractivity contribution in [3.63, 3.8) is 0 Å². The molecule has 0 unspecified atom stereocenters. The standard InChI is InChI=1S/C30H33N5O2/c1-21-18-19-35-29-23(10-6-3-2-4-9-13-26(36)33-21)20-32-30(31)27(29)28(34-35)22-14-16-25(17-15-22)37-24-11-7-5-8-12-24/h5-8,10-12,14-17,20-21H,2-4,9,13,18-19H2,1H3,(H2,31,32)(H,33,36)/b10-6+/t21-/m1/s1. The summed E-state index contributed by atoms with van der Waals surface area (Å²) in [7, 11) is 0. The van der Waals surface area contributed by atoms with Gasteiger partial charge in [0.05, 0.1) is 10.9 Å². The zero-order valence-electron chi connectivity index (χ0n) is 21.2. The van der Waals surface area contributed by atoms with Crippen molar-refractivity contribution in [2.45, 2.75) is 58.0 Å². The Morgan fingerprint density at radius 3 is 2.62 bits per heavy atom. The number of benzene rings is 2. The molecule has 4 aromatic rings. The van der Waals surface area contributed by atoms with Crippen LogP contribution >= 0.6 is 0 Å². The van der Waals surface area contributed by atoms with Crippen molar-refractivity contribution in [1.29, 1.82) is 0 Å². The number of ether oxygens (including phenoxy) is 1. The molecule has 0 fully saturated rings. The molecule has 1 atom stereocenters. The van der Waals surface area contributed by atoms with Crippen LogP contribution in [0.4, 0.5) is 5.82 Å². The zero-order valence-corrected chi connectivity index (χ0v) is 21.2. The Morgan fingerprint density at radius 2 is 1.81 bits per heavy atom. The van der Waals surface area contributed by atoms with E-state index < -0.39 is 0 Å². The van der Waals surface area contributed by atoms with Gasteiger partial charge in [-0.25, -0.2) is 4.98 Å². The normalized spacial score (nSPS) is 18.0. The van der Waals surface area contributed by atoms with Gasteiger partial charge in [-0.2, -0.15) is 5.10 Å². The number of hydrogen-bond donors (Lipinski definition) is 2. The van der Waals surface area contributed by atoms with E-state index in [9.17, 15) is 4.79 Å². The van der Waals surface area contributed by atoms with Gasteiger partial charge in [-0.15, -0.1) is 0 Å². The van der Waals surface area contributed by atoms with Crippen molar-refractivity contribution in [3.05, 3.63) is 72.4 Å². The zero-order chi connectivity index (χ0) is 25.6. The summed E-state index contributed by atoms with van der Waals surface area (Å²) in [5, 5.41) is 9.00. The van der Waals surface area contributed by atoms with Crippen molar-refractivity contribution in [2.24, 2.45) is 0 Å². The number of carbonyl (C=O) groups excluding carboxylic acids is 1. The van der Waals surface area contributed by atoms with Crippen molar-refractivity contribution < 1.29 is 9.53 Å². The van der Waals surface area contributed by atoms with E-state index in [1.165, 1.54) is 0 Å². The molecule has 0 saturated carbocycles. The highest BCUT2D eigenvalue weighted by atomic mass is 16.5. The summed E-state index contributed by atoms with van der Waals surface area (Å²) in [5.41, 5.74) is 10.1. The van der Waals surface area contributed by atoms with E-state index in [2.05, 4.69) is 22.5 Å². The molecule has 1 aliphatic rings. The second-order valence-corrected chi connectivity index (χ2v) is 9.59. The molecular formula is C30H33N5O2. The van der Waals surface area contributed by atoms with Crippen molar-refractivity contribution in [1.82, 2.24) is 20.1 Å². The van der Waals surface area contributed by atoms with E-state index in [0.29, 0.717) is 18.8 Å². The van der Waals surface area contributed by atoms with Crippen LogP contribution in [0.25, 0.3) is 28.2 Å². The minimum atomic E-state index is 0.0490. The van der Waals surface area contributed by atoms with E-state index >= 15 is 0 Å². The highest BCUT2D eigenvalue weighted by Crippen LogP contribution is 2.35. The van der Waals surface area contributed by atoms with Crippen LogP contribution < -0.4 is 15.8 Å². The summed E-state index contributed by atoms with van der Waals surface area (Å²) >= 11 is 0. The molecule has 190 valence electrons. The molecule has 7 heteroatoms. The number of nitrogens with one attached hydrogen (secondary N) is 1. The third-order valence-corrected chi connectivity index (χ3v) is 6.68. The third kappa shape index (κ3) is 5.82. The predicted octanol–water partition coefficient (Wildman–Crippen LogP) is 6.34. The molecule has 5 rings (SSSR count). The molecule has 0 spiro atoms. The number of anilines is 1. The number of nitrogens with zero attached hydrogens (tertiary/aromatic N) is 3. The van der Waals surface area contributed by atoms with Crippen LogP contribution in [0.15, 0.2) is 66.9 Å². The molecule has 0 aliphatic carbocycles. The first-order valence-corrected chi connectivity index (χ1v) is 13.0. The van der Waals surface area contributed by atoms with Gasteiger partial charge in [-0.05, 0) is 69.0 Å². The molecule has 0 saturated heterocycles. The molecule has 0 bridgehead atoms. The van der Waals surface area contributed by atoms with E-state index in [4.69, 9.17) is 15.6 Å². The highest BCUT2D eigenvalue weighted by Gasteiger charge is 2.19. The van der Waals surface area contributed by atoms with Crippen LogP contribution in [0.2, 0.25) is 0 Å². The van der Waals surface area contributed by atoms with Crippen LogP contribution in [0.3, 0.4) is 0 Å². The summed E-state index contributed by atoms with van der Waals surface area (Å²) in [6.07, 6.45) is 11.4. The first kappa shape index (κ1) is 24.6. The van der Waals surface area contributed by atoms with Gasteiger partial charge in [-0.3, -0.25) is 9.48 Å². The monoisotopic (exact) mass is 495 g/mol. The SMILES string of the molecule is C[C@@H]1CCn2nc(-c3ccc(Oc4ccccc4)cc3)c3c(N)ncc(c32)/C=C/CCCCCC(=O)N1. The fraction of sp³-hybridized carbons (Fsp3) is 0.300. The number of nitrogens with two attached hydrogens (primary N) is 1. The maximum Gasteiger partial charge on any atom is 0.220 e. The number of allylic oxidation sites excluding steroid dienone is 1. The van der Waals surface area contributed by atoms with E-state index in [1.807, 2.05) is 72.4 Å². The van der Waals surface area contributed by atoms with Crippen LogP contribution in [-0.2, 0) is 11.3 Å². The lowest BCUT2D eigenvalue weighted by Gasteiger charge is -2.14. The number of hydrogen-bond acceptors (Lipinski definition) is 5.